The van der Waals surface area contributed by atoms with Gasteiger partial charge in [-0.15, -0.1) is 0 Å². The van der Waals surface area contributed by atoms with Crippen molar-refractivity contribution in [2.75, 3.05) is 13.2 Å². The van der Waals surface area contributed by atoms with Crippen molar-refractivity contribution in [2.24, 2.45) is 11.1 Å². The Morgan fingerprint density at radius 2 is 2.07 bits per heavy atom. The predicted molar refractivity (Wildman–Crippen MR) is 61.7 cm³/mol. The summed E-state index contributed by atoms with van der Waals surface area (Å²) in [5.74, 6) is 0. The molecular weight excluding hydrogens is 190 g/mol. The van der Waals surface area contributed by atoms with Gasteiger partial charge in [-0.25, -0.2) is 0 Å². The quantitative estimate of drug-likeness (QED) is 0.753. The molecule has 0 aromatic carbocycles. The normalized spacial score (nSPS) is 38.0. The Bertz CT molecular complexity index is 230. The van der Waals surface area contributed by atoms with E-state index in [4.69, 9.17) is 10.5 Å². The van der Waals surface area contributed by atoms with E-state index in [2.05, 4.69) is 13.8 Å². The summed E-state index contributed by atoms with van der Waals surface area (Å²) in [6.45, 7) is 9.38. The van der Waals surface area contributed by atoms with Crippen LogP contribution in [-0.2, 0) is 4.74 Å². The van der Waals surface area contributed by atoms with E-state index >= 15 is 0 Å². The summed E-state index contributed by atoms with van der Waals surface area (Å²) < 4.78 is 5.75. The second-order valence-electron chi connectivity index (χ2n) is 5.70. The molecule has 15 heavy (non-hydrogen) atoms. The van der Waals surface area contributed by atoms with Gasteiger partial charge in [0.2, 0.25) is 0 Å². The first-order chi connectivity index (χ1) is 6.79. The number of hydrogen-bond acceptors (Lipinski definition) is 3. The Kier molecular flexibility index (Phi) is 3.49. The minimum atomic E-state index is -0.690. The predicted octanol–water partition coefficient (Wildman–Crippen LogP) is 1.68. The van der Waals surface area contributed by atoms with Gasteiger partial charge in [0.25, 0.3) is 0 Å². The summed E-state index contributed by atoms with van der Waals surface area (Å²) in [5, 5.41) is 10.7. The highest BCUT2D eigenvalue weighted by Crippen LogP contribution is 2.44. The molecule has 3 nitrogen and oxygen atoms in total. The third-order valence-electron chi connectivity index (χ3n) is 4.15. The lowest BCUT2D eigenvalue weighted by molar-refractivity contribution is -0.192. The van der Waals surface area contributed by atoms with Crippen molar-refractivity contribution in [3.63, 3.8) is 0 Å². The van der Waals surface area contributed by atoms with Crippen LogP contribution in [0.2, 0.25) is 0 Å². The Balaban J connectivity index is 2.86. The van der Waals surface area contributed by atoms with Crippen LogP contribution in [0.4, 0.5) is 0 Å². The van der Waals surface area contributed by atoms with Crippen LogP contribution in [0.5, 0.6) is 0 Å². The Morgan fingerprint density at radius 1 is 1.47 bits per heavy atom. The summed E-state index contributed by atoms with van der Waals surface area (Å²) in [6, 6.07) is 0. The molecule has 1 rings (SSSR count). The Morgan fingerprint density at radius 3 is 2.53 bits per heavy atom. The van der Waals surface area contributed by atoms with Crippen molar-refractivity contribution < 1.29 is 9.84 Å². The van der Waals surface area contributed by atoms with E-state index in [1.165, 1.54) is 0 Å². The van der Waals surface area contributed by atoms with Gasteiger partial charge in [-0.2, -0.15) is 0 Å². The maximum atomic E-state index is 10.7. The van der Waals surface area contributed by atoms with Crippen molar-refractivity contribution in [3.05, 3.63) is 0 Å². The molecule has 0 aromatic rings. The molecule has 1 aliphatic heterocycles. The van der Waals surface area contributed by atoms with Gasteiger partial charge in [0, 0.05) is 24.8 Å². The fraction of sp³-hybridized carbons (Fsp3) is 1.00. The summed E-state index contributed by atoms with van der Waals surface area (Å²) in [7, 11) is 0. The van der Waals surface area contributed by atoms with Gasteiger partial charge < -0.3 is 15.6 Å². The van der Waals surface area contributed by atoms with Gasteiger partial charge in [-0.05, 0) is 13.3 Å². The fourth-order valence-corrected chi connectivity index (χ4v) is 2.22. The summed E-state index contributed by atoms with van der Waals surface area (Å²) in [4.78, 5) is 0. The lowest BCUT2D eigenvalue weighted by Gasteiger charge is -2.50. The highest BCUT2D eigenvalue weighted by molar-refractivity contribution is 5.01. The van der Waals surface area contributed by atoms with E-state index < -0.39 is 5.60 Å². The number of hydrogen-bond donors (Lipinski definition) is 2. The fourth-order valence-electron chi connectivity index (χ4n) is 2.22. The summed E-state index contributed by atoms with van der Waals surface area (Å²) in [5.41, 5.74) is 4.62. The van der Waals surface area contributed by atoms with Crippen LogP contribution >= 0.6 is 0 Å². The van der Waals surface area contributed by atoms with Crippen LogP contribution in [0.15, 0.2) is 0 Å². The van der Waals surface area contributed by atoms with Crippen LogP contribution in [0.1, 0.15) is 47.0 Å². The van der Waals surface area contributed by atoms with Crippen LogP contribution in [-0.4, -0.2) is 29.5 Å². The van der Waals surface area contributed by atoms with Gasteiger partial charge in [0.05, 0.1) is 17.8 Å². The highest BCUT2D eigenvalue weighted by atomic mass is 16.5. The summed E-state index contributed by atoms with van der Waals surface area (Å²) in [6.07, 6.45) is 2.30. The van der Waals surface area contributed by atoms with E-state index in [0.717, 1.165) is 6.42 Å². The van der Waals surface area contributed by atoms with Gasteiger partial charge >= 0.3 is 0 Å². The maximum absolute atomic E-state index is 10.7. The molecule has 1 fully saturated rings. The largest absolute Gasteiger partial charge is 0.389 e. The topological polar surface area (TPSA) is 55.5 Å². The SMILES string of the molecule is CCC1(C)CC(O)(C(C)(C)CN)CCO1. The van der Waals surface area contributed by atoms with Gasteiger partial charge in [-0.1, -0.05) is 20.8 Å². The standard InChI is InChI=1S/C12H25NO2/c1-5-11(4)8-12(14,6-7-15-11)10(2,3)9-13/h14H,5-9,13H2,1-4H3. The molecule has 0 radical (unpaired) electrons. The molecule has 3 heteroatoms. The van der Waals surface area contributed by atoms with Gasteiger partial charge in [-0.3, -0.25) is 0 Å². The van der Waals surface area contributed by atoms with Crippen molar-refractivity contribution in [2.45, 2.75) is 58.2 Å². The second kappa shape index (κ2) is 4.04. The van der Waals surface area contributed by atoms with E-state index in [1.807, 2.05) is 13.8 Å². The molecule has 2 atom stereocenters. The average Bonchev–Trinajstić information content (AvgIpc) is 2.17. The summed E-state index contributed by atoms with van der Waals surface area (Å²) >= 11 is 0. The highest BCUT2D eigenvalue weighted by Gasteiger charge is 2.49. The van der Waals surface area contributed by atoms with Crippen molar-refractivity contribution >= 4 is 0 Å². The Labute approximate surface area is 93.0 Å². The van der Waals surface area contributed by atoms with Crippen LogP contribution < -0.4 is 5.73 Å². The van der Waals surface area contributed by atoms with Crippen molar-refractivity contribution in [1.82, 2.24) is 0 Å². The van der Waals surface area contributed by atoms with Crippen LogP contribution in [0.25, 0.3) is 0 Å². The van der Waals surface area contributed by atoms with Crippen molar-refractivity contribution in [1.29, 1.82) is 0 Å². The minimum Gasteiger partial charge on any atom is -0.389 e. The lowest BCUT2D eigenvalue weighted by Crippen LogP contribution is -2.57. The van der Waals surface area contributed by atoms with Crippen LogP contribution in [0.3, 0.4) is 0 Å². The maximum Gasteiger partial charge on any atom is 0.0759 e. The number of rotatable bonds is 3. The zero-order valence-electron chi connectivity index (χ0n) is 10.5. The Hall–Kier alpha value is -0.120. The van der Waals surface area contributed by atoms with E-state index in [0.29, 0.717) is 26.0 Å². The molecule has 0 bridgehead atoms. The van der Waals surface area contributed by atoms with E-state index in [9.17, 15) is 5.11 Å². The monoisotopic (exact) mass is 215 g/mol. The first kappa shape index (κ1) is 12.9. The molecule has 90 valence electrons. The van der Waals surface area contributed by atoms with Gasteiger partial charge in [0.1, 0.15) is 0 Å². The molecule has 2 unspecified atom stereocenters. The zero-order chi connectivity index (χ0) is 11.7. The molecule has 0 aliphatic carbocycles. The number of ether oxygens (including phenoxy) is 1. The molecule has 1 aliphatic rings. The van der Waals surface area contributed by atoms with Gasteiger partial charge in [0.15, 0.2) is 0 Å². The molecule has 0 spiro atoms. The van der Waals surface area contributed by atoms with Crippen molar-refractivity contribution in [3.8, 4) is 0 Å². The molecule has 1 heterocycles. The van der Waals surface area contributed by atoms with Crippen LogP contribution in [0, 0.1) is 5.41 Å². The molecule has 3 N–H and O–H groups in total. The smallest absolute Gasteiger partial charge is 0.0759 e. The first-order valence-electron chi connectivity index (χ1n) is 5.85. The third-order valence-corrected chi connectivity index (χ3v) is 4.15. The zero-order valence-corrected chi connectivity index (χ0v) is 10.5. The van der Waals surface area contributed by atoms with E-state index in [-0.39, 0.29) is 11.0 Å². The minimum absolute atomic E-state index is 0.195. The number of nitrogens with two attached hydrogens (primary N) is 1. The van der Waals surface area contributed by atoms with E-state index in [1.54, 1.807) is 0 Å². The molecular formula is C12H25NO2. The second-order valence-corrected chi connectivity index (χ2v) is 5.70. The average molecular weight is 215 g/mol. The molecule has 0 saturated carbocycles. The third kappa shape index (κ3) is 2.35. The molecule has 0 aromatic heterocycles. The lowest BCUT2D eigenvalue weighted by atomic mass is 9.66. The molecule has 0 amide bonds. The number of aliphatic hydroxyl groups is 1. The molecule has 1 saturated heterocycles. The first-order valence-corrected chi connectivity index (χ1v) is 5.85.